The van der Waals surface area contributed by atoms with E-state index in [2.05, 4.69) is 5.32 Å². The number of nitrogens with zero attached hydrogens (tertiary/aromatic N) is 2. The Morgan fingerprint density at radius 3 is 2.29 bits per heavy atom. The highest BCUT2D eigenvalue weighted by molar-refractivity contribution is 7.92. The number of aryl methyl sites for hydroxylation is 1. The zero-order chi connectivity index (χ0) is 30.9. The van der Waals surface area contributed by atoms with Gasteiger partial charge in [-0.2, -0.15) is 0 Å². The van der Waals surface area contributed by atoms with E-state index in [1.165, 1.54) is 4.31 Å². The summed E-state index contributed by atoms with van der Waals surface area (Å²) < 4.78 is 26.6. The van der Waals surface area contributed by atoms with Gasteiger partial charge in [0.2, 0.25) is 21.8 Å². The maximum atomic E-state index is 13.9. The Bertz CT molecular complexity index is 1470. The quantitative estimate of drug-likeness (QED) is 0.227. The van der Waals surface area contributed by atoms with Crippen LogP contribution in [0.3, 0.4) is 0 Å². The molecule has 0 fully saturated rings. The number of nitrogens with one attached hydrogen (secondary N) is 1. The summed E-state index contributed by atoms with van der Waals surface area (Å²) in [5, 5.41) is 3.85. The van der Waals surface area contributed by atoms with E-state index >= 15 is 0 Å². The molecule has 1 N–H and O–H groups in total. The van der Waals surface area contributed by atoms with Crippen LogP contribution in [0.4, 0.5) is 5.69 Å². The molecule has 0 radical (unpaired) electrons. The summed E-state index contributed by atoms with van der Waals surface area (Å²) >= 11 is 12.6. The fraction of sp³-hybridized carbons (Fsp3) is 0.375. The maximum Gasteiger partial charge on any atom is 0.243 e. The molecule has 2 amide bonds. The first-order valence-corrected chi connectivity index (χ1v) is 16.5. The van der Waals surface area contributed by atoms with Gasteiger partial charge in [-0.3, -0.25) is 13.9 Å². The third kappa shape index (κ3) is 10.0. The van der Waals surface area contributed by atoms with Gasteiger partial charge in [0.05, 0.1) is 11.9 Å². The Morgan fingerprint density at radius 1 is 0.952 bits per heavy atom. The van der Waals surface area contributed by atoms with Crippen molar-refractivity contribution in [3.05, 3.63) is 99.5 Å². The van der Waals surface area contributed by atoms with Crippen LogP contribution in [-0.4, -0.2) is 50.5 Å². The van der Waals surface area contributed by atoms with Crippen LogP contribution in [0.2, 0.25) is 10.0 Å². The minimum absolute atomic E-state index is 0.0335. The van der Waals surface area contributed by atoms with Crippen LogP contribution in [0, 0.1) is 12.8 Å². The first-order valence-electron chi connectivity index (χ1n) is 13.9. The van der Waals surface area contributed by atoms with Crippen LogP contribution in [-0.2, 0) is 32.6 Å². The van der Waals surface area contributed by atoms with E-state index in [0.29, 0.717) is 34.3 Å². The Labute approximate surface area is 259 Å². The maximum absolute atomic E-state index is 13.9. The summed E-state index contributed by atoms with van der Waals surface area (Å²) in [7, 11) is -3.58. The van der Waals surface area contributed by atoms with Gasteiger partial charge in [0.1, 0.15) is 6.04 Å². The highest BCUT2D eigenvalue weighted by Gasteiger charge is 2.31. The monoisotopic (exact) mass is 631 g/mol. The molecule has 3 rings (SSSR count). The number of sulfonamides is 1. The van der Waals surface area contributed by atoms with Gasteiger partial charge in [0.25, 0.3) is 0 Å². The van der Waals surface area contributed by atoms with Crippen molar-refractivity contribution in [3.63, 3.8) is 0 Å². The molecule has 0 aliphatic carbocycles. The van der Waals surface area contributed by atoms with Gasteiger partial charge in [-0.05, 0) is 60.2 Å². The number of carbonyl (C=O) groups is 2. The third-order valence-corrected chi connectivity index (χ3v) is 8.53. The third-order valence-electron chi connectivity index (χ3n) is 6.75. The zero-order valence-electron chi connectivity index (χ0n) is 24.5. The molecule has 0 saturated heterocycles. The molecule has 0 saturated carbocycles. The second kappa shape index (κ2) is 15.4. The SMILES string of the molecule is Cc1cccc(N(CCCC(=O)N(Cc2ccc(Cl)cc2Cl)[C@H](Cc2ccccc2)C(=O)NCC(C)C)S(C)(=O)=O)c1. The van der Waals surface area contributed by atoms with E-state index in [1.54, 1.807) is 41.3 Å². The van der Waals surface area contributed by atoms with E-state index in [1.807, 2.05) is 57.2 Å². The van der Waals surface area contributed by atoms with E-state index in [9.17, 15) is 18.0 Å². The van der Waals surface area contributed by atoms with E-state index < -0.39 is 16.1 Å². The number of rotatable bonds is 14. The van der Waals surface area contributed by atoms with Crippen molar-refractivity contribution in [2.75, 3.05) is 23.7 Å². The fourth-order valence-corrected chi connectivity index (χ4v) is 6.02. The van der Waals surface area contributed by atoms with Crippen molar-refractivity contribution in [1.82, 2.24) is 10.2 Å². The molecule has 0 aliphatic rings. The molecule has 0 heterocycles. The number of benzene rings is 3. The number of halogens is 2. The summed E-state index contributed by atoms with van der Waals surface area (Å²) in [4.78, 5) is 29.1. The molecule has 0 aliphatic heterocycles. The van der Waals surface area contributed by atoms with Gasteiger partial charge in [-0.25, -0.2) is 8.42 Å². The van der Waals surface area contributed by atoms with Gasteiger partial charge in [-0.15, -0.1) is 0 Å². The summed E-state index contributed by atoms with van der Waals surface area (Å²) in [6.45, 7) is 6.58. The molecule has 0 bridgehead atoms. The predicted molar refractivity (Wildman–Crippen MR) is 171 cm³/mol. The molecule has 226 valence electrons. The molecular weight excluding hydrogens is 593 g/mol. The summed E-state index contributed by atoms with van der Waals surface area (Å²) in [5.41, 5.74) is 3.04. The van der Waals surface area contributed by atoms with Crippen molar-refractivity contribution in [2.45, 2.75) is 52.6 Å². The molecule has 0 spiro atoms. The van der Waals surface area contributed by atoms with Crippen LogP contribution in [0.15, 0.2) is 72.8 Å². The van der Waals surface area contributed by atoms with E-state index in [-0.39, 0.29) is 43.7 Å². The van der Waals surface area contributed by atoms with Crippen molar-refractivity contribution in [1.29, 1.82) is 0 Å². The summed E-state index contributed by atoms with van der Waals surface area (Å²) in [5.74, 6) is -0.312. The largest absolute Gasteiger partial charge is 0.354 e. The topological polar surface area (TPSA) is 86.8 Å². The second-order valence-corrected chi connectivity index (χ2v) is 13.6. The Morgan fingerprint density at radius 2 is 1.67 bits per heavy atom. The van der Waals surface area contributed by atoms with Crippen LogP contribution in [0.1, 0.15) is 43.4 Å². The molecule has 3 aromatic carbocycles. The number of hydrogen-bond acceptors (Lipinski definition) is 4. The average molecular weight is 633 g/mol. The lowest BCUT2D eigenvalue weighted by molar-refractivity contribution is -0.141. The molecular formula is C32H39Cl2N3O4S. The highest BCUT2D eigenvalue weighted by Crippen LogP contribution is 2.25. The van der Waals surface area contributed by atoms with Crippen molar-refractivity contribution < 1.29 is 18.0 Å². The Balaban J connectivity index is 1.91. The van der Waals surface area contributed by atoms with Gasteiger partial charge in [0.15, 0.2) is 0 Å². The van der Waals surface area contributed by atoms with Crippen molar-refractivity contribution in [3.8, 4) is 0 Å². The van der Waals surface area contributed by atoms with Crippen LogP contribution >= 0.6 is 23.2 Å². The normalized spacial score (nSPS) is 12.2. The highest BCUT2D eigenvalue weighted by atomic mass is 35.5. The van der Waals surface area contributed by atoms with E-state index in [0.717, 1.165) is 17.4 Å². The summed E-state index contributed by atoms with van der Waals surface area (Å²) in [6, 6.07) is 21.0. The minimum atomic E-state index is -3.58. The Kier molecular flexibility index (Phi) is 12.3. The molecule has 10 heteroatoms. The lowest BCUT2D eigenvalue weighted by Gasteiger charge is -2.32. The van der Waals surface area contributed by atoms with Gasteiger partial charge in [-0.1, -0.05) is 85.6 Å². The van der Waals surface area contributed by atoms with Crippen LogP contribution < -0.4 is 9.62 Å². The Hall–Kier alpha value is -3.07. The number of anilines is 1. The first kappa shape index (κ1) is 33.4. The smallest absolute Gasteiger partial charge is 0.243 e. The lowest BCUT2D eigenvalue weighted by Crippen LogP contribution is -2.51. The molecule has 1 atom stereocenters. The molecule has 0 aromatic heterocycles. The van der Waals surface area contributed by atoms with Crippen LogP contribution in [0.25, 0.3) is 0 Å². The molecule has 7 nitrogen and oxygen atoms in total. The molecule has 0 unspecified atom stereocenters. The van der Waals surface area contributed by atoms with Crippen molar-refractivity contribution >= 4 is 50.7 Å². The second-order valence-electron chi connectivity index (χ2n) is 10.9. The molecule has 3 aromatic rings. The lowest BCUT2D eigenvalue weighted by atomic mass is 10.0. The summed E-state index contributed by atoms with van der Waals surface area (Å²) in [6.07, 6.45) is 1.75. The van der Waals surface area contributed by atoms with E-state index in [4.69, 9.17) is 23.2 Å². The number of amides is 2. The molecule has 42 heavy (non-hydrogen) atoms. The van der Waals surface area contributed by atoms with Crippen LogP contribution in [0.5, 0.6) is 0 Å². The van der Waals surface area contributed by atoms with Gasteiger partial charge >= 0.3 is 0 Å². The zero-order valence-corrected chi connectivity index (χ0v) is 26.8. The minimum Gasteiger partial charge on any atom is -0.354 e. The van der Waals surface area contributed by atoms with Gasteiger partial charge in [0, 0.05) is 42.5 Å². The standard InChI is InChI=1S/C32H39Cl2N3O4S/c1-23(2)21-35-32(39)30(19-25-11-6-5-7-12-25)36(22-26-15-16-27(33)20-29(26)34)31(38)14-9-17-37(42(4,40)41)28-13-8-10-24(3)18-28/h5-8,10-13,15-16,18,20,23,30H,9,14,17,19,21-22H2,1-4H3,(H,35,39)/t30-/m1/s1. The predicted octanol–water partition coefficient (Wildman–Crippen LogP) is 6.26. The fourth-order valence-electron chi connectivity index (χ4n) is 4.60. The first-order chi connectivity index (χ1) is 19.8. The van der Waals surface area contributed by atoms with Gasteiger partial charge < -0.3 is 10.2 Å². The van der Waals surface area contributed by atoms with Crippen molar-refractivity contribution in [2.24, 2.45) is 5.92 Å². The average Bonchev–Trinajstić information content (AvgIpc) is 2.92. The number of hydrogen-bond donors (Lipinski definition) is 1. The number of carbonyl (C=O) groups excluding carboxylic acids is 2.